The zero-order valence-electron chi connectivity index (χ0n) is 19.9. The molecule has 1 aliphatic rings. The number of halogens is 3. The molecule has 196 valence electrons. The number of benzene rings is 2. The van der Waals surface area contributed by atoms with Crippen LogP contribution < -0.4 is 16.4 Å². The lowest BCUT2D eigenvalue weighted by Gasteiger charge is -2.26. The summed E-state index contributed by atoms with van der Waals surface area (Å²) in [5, 5.41) is 5.49. The predicted molar refractivity (Wildman–Crippen MR) is 141 cm³/mol. The minimum atomic E-state index is -0.794. The van der Waals surface area contributed by atoms with Gasteiger partial charge in [0.15, 0.2) is 5.69 Å². The lowest BCUT2D eigenvalue weighted by atomic mass is 10.1. The first-order valence-corrected chi connectivity index (χ1v) is 12.0. The van der Waals surface area contributed by atoms with E-state index in [9.17, 15) is 18.8 Å². The van der Waals surface area contributed by atoms with Crippen LogP contribution in [0.25, 0.3) is 5.69 Å². The molecule has 37 heavy (non-hydrogen) atoms. The Hall–Kier alpha value is -3.47. The number of hydrogen-bond donors (Lipinski definition) is 3. The summed E-state index contributed by atoms with van der Waals surface area (Å²) in [6.07, 6.45) is 4.91. The van der Waals surface area contributed by atoms with E-state index in [1.165, 1.54) is 23.4 Å². The molecule has 3 aromatic rings. The summed E-state index contributed by atoms with van der Waals surface area (Å²) in [6, 6.07) is 9.98. The van der Waals surface area contributed by atoms with Gasteiger partial charge in [0.2, 0.25) is 0 Å². The van der Waals surface area contributed by atoms with Gasteiger partial charge in [0.25, 0.3) is 17.7 Å². The monoisotopic (exact) mass is 548 g/mol. The molecule has 2 aromatic carbocycles. The molecule has 1 aromatic heterocycles. The first-order chi connectivity index (χ1) is 17.3. The van der Waals surface area contributed by atoms with Crippen molar-refractivity contribution in [1.82, 2.24) is 19.8 Å². The number of carbonyl (C=O) groups excluding carboxylic acids is 3. The summed E-state index contributed by atoms with van der Waals surface area (Å²) in [7, 11) is 0. The van der Waals surface area contributed by atoms with Crippen molar-refractivity contribution in [2.45, 2.75) is 19.3 Å². The standard InChI is InChI=1S/C25H26ClFN6O3.ClH/c26-20-14-16(27)4-9-19(20)24(35)31-17-5-7-18(8-6-17)33-15-30-21(22(33)23(28)34)25(36)29-10-13-32-11-2-1-3-12-32;/h4-9,14-15H,1-3,10-13H2,(H2,28,34)(H,29,36)(H,31,35);1H. The second-order valence-corrected chi connectivity index (χ2v) is 8.87. The average Bonchev–Trinajstić information content (AvgIpc) is 3.31. The third-order valence-corrected chi connectivity index (χ3v) is 6.27. The number of nitrogens with two attached hydrogens (primary N) is 1. The molecule has 1 aliphatic heterocycles. The highest BCUT2D eigenvalue weighted by atomic mass is 35.5. The number of nitrogens with one attached hydrogen (secondary N) is 2. The number of imidazole rings is 1. The number of amides is 3. The fourth-order valence-corrected chi connectivity index (χ4v) is 4.37. The highest BCUT2D eigenvalue weighted by molar-refractivity contribution is 6.34. The Bertz CT molecular complexity index is 1280. The van der Waals surface area contributed by atoms with E-state index in [0.717, 1.165) is 44.6 Å². The van der Waals surface area contributed by atoms with Gasteiger partial charge in [0, 0.05) is 24.5 Å². The molecule has 0 bridgehead atoms. The molecule has 0 unspecified atom stereocenters. The van der Waals surface area contributed by atoms with E-state index in [4.69, 9.17) is 17.3 Å². The Morgan fingerprint density at radius 1 is 1.03 bits per heavy atom. The molecule has 0 atom stereocenters. The Labute approximate surface area is 224 Å². The predicted octanol–water partition coefficient (Wildman–Crippen LogP) is 3.65. The molecule has 0 saturated carbocycles. The molecule has 2 heterocycles. The van der Waals surface area contributed by atoms with Gasteiger partial charge in [0.05, 0.1) is 10.6 Å². The number of primary amides is 1. The maximum absolute atomic E-state index is 13.2. The number of nitrogens with zero attached hydrogens (tertiary/aromatic N) is 3. The molecule has 0 spiro atoms. The number of piperidine rings is 1. The molecule has 4 N–H and O–H groups in total. The number of anilines is 1. The first kappa shape index (κ1) is 28.1. The zero-order valence-corrected chi connectivity index (χ0v) is 21.4. The maximum Gasteiger partial charge on any atom is 0.272 e. The fourth-order valence-electron chi connectivity index (χ4n) is 4.12. The molecule has 1 saturated heterocycles. The molecule has 0 aliphatic carbocycles. The molecule has 4 rings (SSSR count). The molecular formula is C25H27Cl2FN6O3. The van der Waals surface area contributed by atoms with Crippen molar-refractivity contribution in [3.05, 3.63) is 76.6 Å². The topological polar surface area (TPSA) is 122 Å². The van der Waals surface area contributed by atoms with Gasteiger partial charge in [-0.25, -0.2) is 9.37 Å². The molecule has 3 amide bonds. The van der Waals surface area contributed by atoms with Crippen molar-refractivity contribution < 1.29 is 18.8 Å². The summed E-state index contributed by atoms with van der Waals surface area (Å²) in [6.45, 7) is 3.21. The van der Waals surface area contributed by atoms with E-state index in [0.29, 0.717) is 17.9 Å². The van der Waals surface area contributed by atoms with Crippen molar-refractivity contribution in [3.8, 4) is 5.69 Å². The van der Waals surface area contributed by atoms with Crippen molar-refractivity contribution in [2.24, 2.45) is 5.73 Å². The van der Waals surface area contributed by atoms with Crippen LogP contribution in [-0.2, 0) is 0 Å². The lowest BCUT2D eigenvalue weighted by molar-refractivity contribution is 0.0924. The second kappa shape index (κ2) is 12.7. The van der Waals surface area contributed by atoms with Gasteiger partial charge in [-0.2, -0.15) is 0 Å². The van der Waals surface area contributed by atoms with Crippen LogP contribution in [-0.4, -0.2) is 58.4 Å². The molecule has 12 heteroatoms. The van der Waals surface area contributed by atoms with Gasteiger partial charge in [0.1, 0.15) is 17.8 Å². The van der Waals surface area contributed by atoms with Crippen molar-refractivity contribution >= 4 is 47.4 Å². The zero-order chi connectivity index (χ0) is 25.7. The number of hydrogen-bond acceptors (Lipinski definition) is 5. The van der Waals surface area contributed by atoms with Gasteiger partial charge in [-0.15, -0.1) is 12.4 Å². The quantitative estimate of drug-likeness (QED) is 0.396. The lowest BCUT2D eigenvalue weighted by Crippen LogP contribution is -2.38. The van der Waals surface area contributed by atoms with Crippen LogP contribution in [0.2, 0.25) is 5.02 Å². The Morgan fingerprint density at radius 3 is 2.38 bits per heavy atom. The highest BCUT2D eigenvalue weighted by Gasteiger charge is 2.23. The molecule has 1 fully saturated rings. The summed E-state index contributed by atoms with van der Waals surface area (Å²) < 4.78 is 14.7. The van der Waals surface area contributed by atoms with E-state index >= 15 is 0 Å². The van der Waals surface area contributed by atoms with Crippen molar-refractivity contribution in [3.63, 3.8) is 0 Å². The van der Waals surface area contributed by atoms with Crippen LogP contribution in [0.4, 0.5) is 10.1 Å². The molecular weight excluding hydrogens is 522 g/mol. The van der Waals surface area contributed by atoms with E-state index in [1.807, 2.05) is 0 Å². The van der Waals surface area contributed by atoms with E-state index in [1.54, 1.807) is 24.3 Å². The van der Waals surface area contributed by atoms with E-state index in [2.05, 4.69) is 20.5 Å². The second-order valence-electron chi connectivity index (χ2n) is 8.46. The summed E-state index contributed by atoms with van der Waals surface area (Å²) >= 11 is 5.95. The minimum Gasteiger partial charge on any atom is -0.364 e. The van der Waals surface area contributed by atoms with Crippen LogP contribution >= 0.6 is 24.0 Å². The highest BCUT2D eigenvalue weighted by Crippen LogP contribution is 2.21. The van der Waals surface area contributed by atoms with Gasteiger partial charge in [-0.05, 0) is 68.4 Å². The molecule has 0 radical (unpaired) electrons. The van der Waals surface area contributed by atoms with Gasteiger partial charge < -0.3 is 21.3 Å². The van der Waals surface area contributed by atoms with Gasteiger partial charge >= 0.3 is 0 Å². The third-order valence-electron chi connectivity index (χ3n) is 5.96. The van der Waals surface area contributed by atoms with Crippen LogP contribution in [0.15, 0.2) is 48.8 Å². The summed E-state index contributed by atoms with van der Waals surface area (Å²) in [4.78, 5) is 43.8. The van der Waals surface area contributed by atoms with Crippen molar-refractivity contribution in [1.29, 1.82) is 0 Å². The first-order valence-electron chi connectivity index (χ1n) is 11.6. The normalized spacial score (nSPS) is 13.5. The van der Waals surface area contributed by atoms with Crippen LogP contribution in [0, 0.1) is 5.82 Å². The third kappa shape index (κ3) is 6.85. The average molecular weight is 549 g/mol. The minimum absolute atomic E-state index is 0. The number of likely N-dealkylation sites (tertiary alicyclic amines) is 1. The number of aromatic nitrogens is 2. The summed E-state index contributed by atoms with van der Waals surface area (Å²) in [5.41, 5.74) is 6.58. The van der Waals surface area contributed by atoms with Gasteiger partial charge in [-0.1, -0.05) is 18.0 Å². The number of carbonyl (C=O) groups is 3. The number of rotatable bonds is 8. The SMILES string of the molecule is Cl.NC(=O)c1c(C(=O)NCCN2CCCCC2)ncn1-c1ccc(NC(=O)c2ccc(F)cc2Cl)cc1. The molecule has 9 nitrogen and oxygen atoms in total. The largest absolute Gasteiger partial charge is 0.364 e. The Balaban J connectivity index is 0.00000380. The van der Waals surface area contributed by atoms with Crippen LogP contribution in [0.3, 0.4) is 0 Å². The van der Waals surface area contributed by atoms with Gasteiger partial charge in [-0.3, -0.25) is 19.0 Å². The fraction of sp³-hybridized carbons (Fsp3) is 0.280. The van der Waals surface area contributed by atoms with E-state index in [-0.39, 0.29) is 34.4 Å². The van der Waals surface area contributed by atoms with Crippen LogP contribution in [0.5, 0.6) is 0 Å². The maximum atomic E-state index is 13.2. The summed E-state index contributed by atoms with van der Waals surface area (Å²) in [5.74, 6) is -2.31. The van der Waals surface area contributed by atoms with Crippen LogP contribution in [0.1, 0.15) is 50.6 Å². The van der Waals surface area contributed by atoms with Crippen molar-refractivity contribution in [2.75, 3.05) is 31.5 Å². The Kier molecular flexibility index (Phi) is 9.62. The van der Waals surface area contributed by atoms with E-state index < -0.39 is 23.5 Å². The Morgan fingerprint density at radius 2 is 1.73 bits per heavy atom. The smallest absolute Gasteiger partial charge is 0.272 e.